The molecule has 0 bridgehead atoms. The van der Waals surface area contributed by atoms with E-state index >= 15 is 0 Å². The number of fused-ring (bicyclic) bond motifs is 1. The van der Waals surface area contributed by atoms with Crippen molar-refractivity contribution in [2.75, 3.05) is 37.0 Å². The lowest BCUT2D eigenvalue weighted by molar-refractivity contribution is -0.135. The van der Waals surface area contributed by atoms with Crippen molar-refractivity contribution in [1.29, 1.82) is 0 Å². The lowest BCUT2D eigenvalue weighted by Crippen LogP contribution is -2.44. The summed E-state index contributed by atoms with van der Waals surface area (Å²) in [7, 11) is -1.19. The van der Waals surface area contributed by atoms with Crippen molar-refractivity contribution < 1.29 is 17.9 Å². The lowest BCUT2D eigenvalue weighted by Gasteiger charge is -2.37. The van der Waals surface area contributed by atoms with Crippen LogP contribution in [0.4, 0.5) is 5.82 Å². The van der Waals surface area contributed by atoms with E-state index in [0.29, 0.717) is 24.7 Å². The second kappa shape index (κ2) is 7.99. The zero-order chi connectivity index (χ0) is 19.7. The molecule has 3 aliphatic rings. The molecule has 28 heavy (non-hydrogen) atoms. The second-order valence-corrected chi connectivity index (χ2v) is 10.7. The van der Waals surface area contributed by atoms with E-state index < -0.39 is 9.84 Å². The van der Waals surface area contributed by atoms with Gasteiger partial charge in [-0.25, -0.2) is 13.4 Å². The van der Waals surface area contributed by atoms with E-state index in [1.54, 1.807) is 13.3 Å². The van der Waals surface area contributed by atoms with Crippen molar-refractivity contribution in [3.63, 3.8) is 0 Å². The maximum Gasteiger partial charge on any atom is 0.225 e. The van der Waals surface area contributed by atoms with Crippen molar-refractivity contribution in [3.8, 4) is 0 Å². The monoisotopic (exact) mass is 407 g/mol. The summed E-state index contributed by atoms with van der Waals surface area (Å²) in [6.07, 6.45) is 4.68. The first-order valence-corrected chi connectivity index (χ1v) is 12.0. The van der Waals surface area contributed by atoms with Crippen LogP contribution >= 0.6 is 0 Å². The standard InChI is InChI=1S/C20H29N3O4S/c1-27-18-11-16-13-23(20(24)14-5-8-28(25,26)9-6-14)12-15(16)10-17(18)22-19-4-2-3-7-21-19/h2-4,7,14-18H,5-6,8-13H2,1H3,(H,21,22)/t15-,16+,17-,18-/m1/s1. The third kappa shape index (κ3) is 4.17. The minimum Gasteiger partial charge on any atom is -0.379 e. The molecule has 0 radical (unpaired) electrons. The summed E-state index contributed by atoms with van der Waals surface area (Å²) < 4.78 is 29.1. The highest BCUT2D eigenvalue weighted by atomic mass is 32.2. The molecule has 0 aromatic carbocycles. The van der Waals surface area contributed by atoms with Crippen LogP contribution < -0.4 is 5.32 Å². The number of likely N-dealkylation sites (tertiary alicyclic amines) is 1. The molecule has 7 nitrogen and oxygen atoms in total. The van der Waals surface area contributed by atoms with Gasteiger partial charge in [0.2, 0.25) is 5.91 Å². The van der Waals surface area contributed by atoms with Crippen LogP contribution in [0, 0.1) is 17.8 Å². The number of carbonyl (C=O) groups excluding carboxylic acids is 1. The predicted molar refractivity (Wildman–Crippen MR) is 107 cm³/mol. The summed E-state index contributed by atoms with van der Waals surface area (Å²) in [5.41, 5.74) is 0. The Hall–Kier alpha value is -1.67. The fourth-order valence-electron chi connectivity index (χ4n) is 5.04. The van der Waals surface area contributed by atoms with Gasteiger partial charge in [0.1, 0.15) is 15.7 Å². The number of methoxy groups -OCH3 is 1. The van der Waals surface area contributed by atoms with Crippen molar-refractivity contribution >= 4 is 21.6 Å². The van der Waals surface area contributed by atoms with E-state index in [2.05, 4.69) is 10.3 Å². The van der Waals surface area contributed by atoms with Gasteiger partial charge in [-0.05, 0) is 49.7 Å². The first-order valence-electron chi connectivity index (χ1n) is 10.1. The molecule has 4 rings (SSSR count). The minimum absolute atomic E-state index is 0.0955. The molecule has 1 aromatic heterocycles. The fourth-order valence-corrected chi connectivity index (χ4v) is 6.53. The predicted octanol–water partition coefficient (Wildman–Crippen LogP) is 1.57. The van der Waals surface area contributed by atoms with Crippen LogP contribution in [0.3, 0.4) is 0 Å². The van der Waals surface area contributed by atoms with Crippen LogP contribution in [0.25, 0.3) is 0 Å². The number of amides is 1. The second-order valence-electron chi connectivity index (χ2n) is 8.40. The number of carbonyl (C=O) groups is 1. The average molecular weight is 408 g/mol. The summed E-state index contributed by atoms with van der Waals surface area (Å²) in [6, 6.07) is 5.99. The smallest absolute Gasteiger partial charge is 0.225 e. The number of aromatic nitrogens is 1. The van der Waals surface area contributed by atoms with Crippen molar-refractivity contribution in [3.05, 3.63) is 24.4 Å². The number of hydrogen-bond donors (Lipinski definition) is 1. The van der Waals surface area contributed by atoms with E-state index in [-0.39, 0.29) is 35.5 Å². The number of rotatable bonds is 4. The van der Waals surface area contributed by atoms with E-state index in [9.17, 15) is 13.2 Å². The van der Waals surface area contributed by atoms with Gasteiger partial charge in [-0.1, -0.05) is 6.07 Å². The SMILES string of the molecule is CO[C@@H]1C[C@H]2CN(C(=O)C3CCS(=O)(=O)CC3)C[C@H]2C[C@H]1Nc1ccccn1. The highest BCUT2D eigenvalue weighted by Gasteiger charge is 2.45. The highest BCUT2D eigenvalue weighted by Crippen LogP contribution is 2.39. The van der Waals surface area contributed by atoms with Crippen LogP contribution in [-0.2, 0) is 19.4 Å². The Morgan fingerprint density at radius 2 is 1.89 bits per heavy atom. The number of sulfone groups is 1. The van der Waals surface area contributed by atoms with Crippen molar-refractivity contribution in [2.45, 2.75) is 37.8 Å². The number of hydrogen-bond acceptors (Lipinski definition) is 6. The summed E-state index contributed by atoms with van der Waals surface area (Å²) in [5, 5.41) is 3.50. The first-order chi connectivity index (χ1) is 13.4. The molecule has 2 saturated heterocycles. The maximum absolute atomic E-state index is 13.0. The molecule has 1 aromatic rings. The fraction of sp³-hybridized carbons (Fsp3) is 0.700. The van der Waals surface area contributed by atoms with Gasteiger partial charge < -0.3 is 15.0 Å². The Labute approximate surface area is 166 Å². The van der Waals surface area contributed by atoms with Crippen molar-refractivity contribution in [2.24, 2.45) is 17.8 Å². The molecule has 1 amide bonds. The van der Waals surface area contributed by atoms with Gasteiger partial charge in [-0.2, -0.15) is 0 Å². The van der Waals surface area contributed by atoms with Crippen LogP contribution in [0.1, 0.15) is 25.7 Å². The summed E-state index contributed by atoms with van der Waals surface area (Å²) in [6.45, 7) is 1.53. The third-order valence-corrected chi connectivity index (χ3v) is 8.35. The summed E-state index contributed by atoms with van der Waals surface area (Å²) in [4.78, 5) is 19.3. The molecule has 3 fully saturated rings. The van der Waals surface area contributed by atoms with Crippen LogP contribution in [0.5, 0.6) is 0 Å². The molecule has 2 aliphatic heterocycles. The molecule has 1 aliphatic carbocycles. The Balaban J connectivity index is 1.38. The summed E-state index contributed by atoms with van der Waals surface area (Å²) >= 11 is 0. The number of pyridine rings is 1. The highest BCUT2D eigenvalue weighted by molar-refractivity contribution is 7.91. The number of ether oxygens (including phenoxy) is 1. The molecule has 8 heteroatoms. The van der Waals surface area contributed by atoms with Gasteiger partial charge in [0.05, 0.1) is 23.7 Å². The number of nitrogens with zero attached hydrogens (tertiary/aromatic N) is 2. The molecule has 1 N–H and O–H groups in total. The summed E-state index contributed by atoms with van der Waals surface area (Å²) in [5.74, 6) is 2.05. The van der Waals surface area contributed by atoms with Gasteiger partial charge in [-0.15, -0.1) is 0 Å². The molecule has 1 saturated carbocycles. The zero-order valence-electron chi connectivity index (χ0n) is 16.3. The van der Waals surface area contributed by atoms with Gasteiger partial charge in [0.15, 0.2) is 0 Å². The van der Waals surface area contributed by atoms with Gasteiger partial charge >= 0.3 is 0 Å². The van der Waals surface area contributed by atoms with Gasteiger partial charge in [0, 0.05) is 32.3 Å². The van der Waals surface area contributed by atoms with Crippen molar-refractivity contribution in [1.82, 2.24) is 9.88 Å². The zero-order valence-corrected chi connectivity index (χ0v) is 17.1. The minimum atomic E-state index is -2.94. The lowest BCUT2D eigenvalue weighted by atomic mass is 9.77. The Kier molecular flexibility index (Phi) is 5.60. The quantitative estimate of drug-likeness (QED) is 0.815. The average Bonchev–Trinajstić information content (AvgIpc) is 3.10. The Bertz CT molecular complexity index is 787. The topological polar surface area (TPSA) is 88.6 Å². The normalized spacial score (nSPS) is 32.7. The molecular weight excluding hydrogens is 378 g/mol. The molecule has 0 spiro atoms. The van der Waals surface area contributed by atoms with E-state index in [1.165, 1.54) is 0 Å². The van der Waals surface area contributed by atoms with E-state index in [1.807, 2.05) is 23.1 Å². The van der Waals surface area contributed by atoms with Gasteiger partial charge in [-0.3, -0.25) is 4.79 Å². The molecule has 3 heterocycles. The first kappa shape index (κ1) is 19.6. The van der Waals surface area contributed by atoms with Crippen LogP contribution in [0.15, 0.2) is 24.4 Å². The molecule has 0 unspecified atom stereocenters. The molecular formula is C20H29N3O4S. The number of anilines is 1. The van der Waals surface area contributed by atoms with Crippen LogP contribution in [-0.4, -0.2) is 68.1 Å². The molecule has 154 valence electrons. The largest absolute Gasteiger partial charge is 0.379 e. The Morgan fingerprint density at radius 1 is 1.18 bits per heavy atom. The van der Waals surface area contributed by atoms with E-state index in [4.69, 9.17) is 4.74 Å². The molecule has 4 atom stereocenters. The van der Waals surface area contributed by atoms with E-state index in [0.717, 1.165) is 31.7 Å². The third-order valence-electron chi connectivity index (χ3n) is 6.63. The number of nitrogens with one attached hydrogen (secondary N) is 1. The van der Waals surface area contributed by atoms with Gasteiger partial charge in [0.25, 0.3) is 0 Å². The maximum atomic E-state index is 13.0. The van der Waals surface area contributed by atoms with Crippen LogP contribution in [0.2, 0.25) is 0 Å². The Morgan fingerprint density at radius 3 is 2.54 bits per heavy atom.